The Labute approximate surface area is 383 Å². The average Bonchev–Trinajstić information content (AvgIpc) is 3.88. The number of H-pyrrole nitrogens is 1. The van der Waals surface area contributed by atoms with E-state index in [4.69, 9.17) is 9.47 Å². The van der Waals surface area contributed by atoms with E-state index >= 15 is 0 Å². The van der Waals surface area contributed by atoms with Gasteiger partial charge in [-0.1, -0.05) is 32.9 Å². The molecule has 0 saturated carbocycles. The lowest BCUT2D eigenvalue weighted by Crippen LogP contribution is -2.54. The van der Waals surface area contributed by atoms with Crippen LogP contribution in [0.3, 0.4) is 0 Å². The molecule has 15 heteroatoms. The zero-order chi connectivity index (χ0) is 45.4. The monoisotopic (exact) mass is 899 g/mol. The summed E-state index contributed by atoms with van der Waals surface area (Å²) in [6.07, 6.45) is 3.82. The van der Waals surface area contributed by atoms with Crippen LogP contribution >= 0.6 is 11.8 Å². The predicted molar refractivity (Wildman–Crippen MR) is 247 cm³/mol. The minimum Gasteiger partial charge on any atom is -0.379 e. The fourth-order valence-electron chi connectivity index (χ4n) is 10.5. The first kappa shape index (κ1) is 44.7. The van der Waals surface area contributed by atoms with Crippen molar-refractivity contribution in [2.75, 3.05) is 76.3 Å². The van der Waals surface area contributed by atoms with Crippen molar-refractivity contribution >= 4 is 57.8 Å². The number of ether oxygens (including phenoxy) is 2. The van der Waals surface area contributed by atoms with Gasteiger partial charge in [-0.25, -0.2) is 0 Å². The number of carbonyl (C=O) groups excluding carboxylic acids is 5. The lowest BCUT2D eigenvalue weighted by atomic mass is 9.70. The van der Waals surface area contributed by atoms with Crippen LogP contribution in [0, 0.1) is 11.3 Å². The number of thioether (sulfide) groups is 1. The molecule has 4 aromatic rings. The maximum Gasteiger partial charge on any atom is 0.255 e. The van der Waals surface area contributed by atoms with Gasteiger partial charge in [0.1, 0.15) is 6.04 Å². The minimum absolute atomic E-state index is 0.0430. The molecule has 5 aliphatic rings. The summed E-state index contributed by atoms with van der Waals surface area (Å²) >= 11 is 1.61. The van der Waals surface area contributed by atoms with Crippen LogP contribution in [0.15, 0.2) is 53.4 Å². The highest BCUT2D eigenvalue weighted by Gasteiger charge is 2.42. The Bertz CT molecular complexity index is 2580. The molecule has 1 aromatic heterocycles. The predicted octanol–water partition coefficient (Wildman–Crippen LogP) is 5.56. The van der Waals surface area contributed by atoms with Gasteiger partial charge in [0.25, 0.3) is 5.91 Å². The summed E-state index contributed by atoms with van der Waals surface area (Å²) < 4.78 is 11.6. The summed E-state index contributed by atoms with van der Waals surface area (Å²) in [5.41, 5.74) is 8.32. The molecule has 2 N–H and O–H groups in total. The number of aromatic nitrogens is 1. The molecule has 4 amide bonds. The van der Waals surface area contributed by atoms with Gasteiger partial charge < -0.3 is 29.2 Å². The Morgan fingerprint density at radius 2 is 1.68 bits per heavy atom. The number of nitriles is 1. The van der Waals surface area contributed by atoms with E-state index in [9.17, 15) is 29.2 Å². The highest BCUT2D eigenvalue weighted by molar-refractivity contribution is 7.99. The summed E-state index contributed by atoms with van der Waals surface area (Å²) in [7, 11) is 0. The molecule has 5 heterocycles. The summed E-state index contributed by atoms with van der Waals surface area (Å²) in [6.45, 7) is 13.6. The fraction of sp³-hybridized carbons (Fsp3) is 0.480. The Balaban J connectivity index is 0.680. The molecular formula is C50H57N7O7S. The molecule has 3 saturated heterocycles. The van der Waals surface area contributed by atoms with Gasteiger partial charge in [0.05, 0.1) is 50.0 Å². The van der Waals surface area contributed by atoms with Gasteiger partial charge in [0, 0.05) is 108 Å². The van der Waals surface area contributed by atoms with Crippen LogP contribution in [0.1, 0.15) is 107 Å². The third kappa shape index (κ3) is 8.69. The van der Waals surface area contributed by atoms with Crippen molar-refractivity contribution in [2.24, 2.45) is 0 Å². The number of aromatic amines is 1. The van der Waals surface area contributed by atoms with Crippen LogP contribution in [-0.2, 0) is 42.2 Å². The van der Waals surface area contributed by atoms with E-state index < -0.39 is 17.4 Å². The molecule has 1 unspecified atom stereocenters. The average molecular weight is 900 g/mol. The molecule has 0 radical (unpaired) electrons. The van der Waals surface area contributed by atoms with E-state index in [1.807, 2.05) is 29.2 Å². The van der Waals surface area contributed by atoms with Crippen molar-refractivity contribution < 1.29 is 33.4 Å². The SMILES string of the molecule is CCc1cc2c(cc1N1CCC(N3CCN(C(=O)CCOCCOCCSc4cccc5c4CN(C4CCC(=O)NC4=O)C5=O)CC3)CC1)C(C)(C)c1[nH]c3cc(C#N)ccc3c1C2=O. The van der Waals surface area contributed by atoms with Crippen LogP contribution in [0.4, 0.5) is 5.69 Å². The quantitative estimate of drug-likeness (QED) is 0.0924. The van der Waals surface area contributed by atoms with Gasteiger partial charge in [-0.15, -0.1) is 11.8 Å². The summed E-state index contributed by atoms with van der Waals surface area (Å²) in [5.74, 6) is -0.0447. The molecule has 0 spiro atoms. The van der Waals surface area contributed by atoms with Gasteiger partial charge in [-0.05, 0) is 78.8 Å². The van der Waals surface area contributed by atoms with Crippen molar-refractivity contribution in [1.82, 2.24) is 25.0 Å². The standard InChI is InChI=1S/C50H57N7O7S/c1-4-32-27-36-38(50(2,3)47-45(46(36)60)35-9-8-31(29-51)26-39(35)52-47)28-41(32)55-15-12-33(13-16-55)54-17-19-56(20-18-54)44(59)14-21-63-22-23-64-24-25-65-42-7-5-6-34-37(42)30-57(49(34)62)40-10-11-43(58)53-48(40)61/h5-9,26-28,33,40,52H,4,10-25,30H2,1-3H3,(H,53,58,61). The van der Waals surface area contributed by atoms with E-state index in [0.717, 1.165) is 102 Å². The number of rotatable bonds is 14. The zero-order valence-corrected chi connectivity index (χ0v) is 38.3. The Hall–Kier alpha value is -5.53. The molecule has 340 valence electrons. The fourth-order valence-corrected chi connectivity index (χ4v) is 11.5. The zero-order valence-electron chi connectivity index (χ0n) is 37.5. The van der Waals surface area contributed by atoms with Crippen molar-refractivity contribution in [3.05, 3.63) is 93.2 Å². The Kier molecular flexibility index (Phi) is 12.9. The van der Waals surface area contributed by atoms with E-state index in [2.05, 4.69) is 59.1 Å². The van der Waals surface area contributed by atoms with Crippen molar-refractivity contribution in [3.8, 4) is 6.07 Å². The van der Waals surface area contributed by atoms with E-state index in [0.29, 0.717) is 68.7 Å². The first-order valence-electron chi connectivity index (χ1n) is 23.1. The van der Waals surface area contributed by atoms with Gasteiger partial charge in [-0.3, -0.25) is 34.2 Å². The number of ketones is 1. The number of piperazine rings is 1. The molecule has 9 rings (SSSR count). The van der Waals surface area contributed by atoms with Crippen LogP contribution in [0.25, 0.3) is 10.9 Å². The van der Waals surface area contributed by atoms with Crippen LogP contribution in [0.2, 0.25) is 0 Å². The second kappa shape index (κ2) is 18.8. The van der Waals surface area contributed by atoms with Crippen LogP contribution in [0.5, 0.6) is 0 Å². The largest absolute Gasteiger partial charge is 0.379 e. The van der Waals surface area contributed by atoms with E-state index in [1.165, 1.54) is 11.3 Å². The Morgan fingerprint density at radius 3 is 2.42 bits per heavy atom. The van der Waals surface area contributed by atoms with Gasteiger partial charge in [-0.2, -0.15) is 5.26 Å². The lowest BCUT2D eigenvalue weighted by molar-refractivity contribution is -0.137. The Morgan fingerprint density at radius 1 is 0.908 bits per heavy atom. The molecule has 65 heavy (non-hydrogen) atoms. The summed E-state index contributed by atoms with van der Waals surface area (Å²) in [4.78, 5) is 77.5. The lowest BCUT2D eigenvalue weighted by Gasteiger charge is -2.44. The number of fused-ring (bicyclic) bond motifs is 5. The summed E-state index contributed by atoms with van der Waals surface area (Å²) in [5, 5.41) is 12.7. The number of aryl methyl sites for hydroxylation is 1. The molecule has 4 aliphatic heterocycles. The number of anilines is 1. The van der Waals surface area contributed by atoms with E-state index in [-0.39, 0.29) is 29.9 Å². The van der Waals surface area contributed by atoms with Crippen LogP contribution in [-0.4, -0.2) is 133 Å². The number of benzene rings is 3. The minimum atomic E-state index is -0.636. The van der Waals surface area contributed by atoms with Crippen molar-refractivity contribution in [2.45, 2.75) is 88.2 Å². The highest BCUT2D eigenvalue weighted by Crippen LogP contribution is 2.46. The van der Waals surface area contributed by atoms with Gasteiger partial charge in [0.15, 0.2) is 5.78 Å². The first-order valence-corrected chi connectivity index (χ1v) is 24.0. The number of carbonyl (C=O) groups is 5. The van der Waals surface area contributed by atoms with Crippen molar-refractivity contribution in [1.29, 1.82) is 5.26 Å². The smallest absolute Gasteiger partial charge is 0.255 e. The molecule has 1 aliphatic carbocycles. The third-order valence-corrected chi connectivity index (χ3v) is 15.2. The third-order valence-electron chi connectivity index (χ3n) is 14.1. The van der Waals surface area contributed by atoms with Gasteiger partial charge >= 0.3 is 0 Å². The number of hydrogen-bond acceptors (Lipinski definition) is 11. The maximum absolute atomic E-state index is 14.1. The number of hydrogen-bond donors (Lipinski definition) is 2. The van der Waals surface area contributed by atoms with Crippen molar-refractivity contribution in [3.63, 3.8) is 0 Å². The number of nitrogens with zero attached hydrogens (tertiary/aromatic N) is 5. The van der Waals surface area contributed by atoms with Crippen LogP contribution < -0.4 is 10.2 Å². The van der Waals surface area contributed by atoms with E-state index in [1.54, 1.807) is 28.8 Å². The summed E-state index contributed by atoms with van der Waals surface area (Å²) in [6, 6.07) is 17.6. The first-order chi connectivity index (χ1) is 31.5. The molecular weight excluding hydrogens is 843 g/mol. The molecule has 3 aromatic carbocycles. The molecule has 0 bridgehead atoms. The maximum atomic E-state index is 14.1. The number of imide groups is 1. The topological polar surface area (TPSA) is 168 Å². The molecule has 1 atom stereocenters. The number of piperidine rings is 2. The highest BCUT2D eigenvalue weighted by atomic mass is 32.2. The second-order valence-corrected chi connectivity index (χ2v) is 19.4. The normalized spacial score (nSPS) is 19.9. The van der Waals surface area contributed by atoms with Gasteiger partial charge in [0.2, 0.25) is 17.7 Å². The number of nitrogens with one attached hydrogen (secondary N) is 2. The second-order valence-electron chi connectivity index (χ2n) is 18.2. The molecule has 3 fully saturated rings. The number of amides is 4. The molecule has 14 nitrogen and oxygen atoms in total.